The van der Waals surface area contributed by atoms with Crippen LogP contribution in [0.4, 0.5) is 4.79 Å². The van der Waals surface area contributed by atoms with Gasteiger partial charge in [-0.15, -0.1) is 0 Å². The van der Waals surface area contributed by atoms with Gasteiger partial charge in [0.2, 0.25) is 0 Å². The van der Waals surface area contributed by atoms with Crippen LogP contribution >= 0.6 is 15.9 Å². The van der Waals surface area contributed by atoms with Crippen LogP contribution < -0.4 is 9.47 Å². The maximum atomic E-state index is 12.5. The van der Waals surface area contributed by atoms with E-state index in [0.717, 1.165) is 26.1 Å². The molecule has 1 heterocycles. The van der Waals surface area contributed by atoms with Gasteiger partial charge in [0.25, 0.3) is 11.8 Å². The second kappa shape index (κ2) is 9.07. The third-order valence-electron chi connectivity index (χ3n) is 5.46. The van der Waals surface area contributed by atoms with E-state index in [9.17, 15) is 14.4 Å². The molecule has 0 unspecified atom stereocenters. The summed E-state index contributed by atoms with van der Waals surface area (Å²) in [6, 6.07) is 16.9. The third kappa shape index (κ3) is 4.21. The largest absolute Gasteiger partial charge is 0.493 e. The van der Waals surface area contributed by atoms with Crippen molar-refractivity contribution in [1.82, 2.24) is 9.80 Å². The molecule has 0 N–H and O–H groups in total. The highest BCUT2D eigenvalue weighted by molar-refractivity contribution is 9.10. The van der Waals surface area contributed by atoms with Gasteiger partial charge in [-0.3, -0.25) is 19.4 Å². The number of carbonyl (C=O) groups excluding carboxylic acids is 3. The van der Waals surface area contributed by atoms with Gasteiger partial charge in [-0.05, 0) is 56.0 Å². The molecule has 168 valence electrons. The number of imide groups is 2. The molecule has 4 rings (SSSR count). The molecule has 4 amide bonds. The van der Waals surface area contributed by atoms with Gasteiger partial charge < -0.3 is 9.47 Å². The normalized spacial score (nSPS) is 14.2. The van der Waals surface area contributed by atoms with Gasteiger partial charge in [-0.1, -0.05) is 42.5 Å². The number of likely N-dealkylation sites (N-methyl/N-ethyl adjacent to an activating group) is 2. The van der Waals surface area contributed by atoms with Crippen LogP contribution in [0.15, 0.2) is 64.6 Å². The number of urea groups is 1. The molecular formula is C25H21BrN2O5. The number of carbonyl (C=O) groups is 3. The summed E-state index contributed by atoms with van der Waals surface area (Å²) in [6.45, 7) is 0.325. The topological polar surface area (TPSA) is 76.2 Å². The number of barbiturate groups is 1. The lowest BCUT2D eigenvalue weighted by atomic mass is 10.1. The summed E-state index contributed by atoms with van der Waals surface area (Å²) < 4.78 is 12.2. The first kappa shape index (κ1) is 22.5. The Balaban J connectivity index is 1.65. The van der Waals surface area contributed by atoms with Crippen LogP contribution in [0.1, 0.15) is 11.1 Å². The van der Waals surface area contributed by atoms with Crippen molar-refractivity contribution in [2.75, 3.05) is 21.2 Å². The van der Waals surface area contributed by atoms with Crippen LogP contribution in [0.3, 0.4) is 0 Å². The minimum atomic E-state index is -0.668. The van der Waals surface area contributed by atoms with Crippen molar-refractivity contribution >= 4 is 50.6 Å². The SMILES string of the molecule is COc1cc(C=C2C(=O)N(C)C(=O)N(C)C2=O)cc(Br)c1OCc1cccc2ccccc12. The first-order chi connectivity index (χ1) is 15.8. The maximum absolute atomic E-state index is 12.5. The fraction of sp³-hybridized carbons (Fsp3) is 0.160. The van der Waals surface area contributed by atoms with E-state index in [1.165, 1.54) is 27.3 Å². The minimum absolute atomic E-state index is 0.113. The van der Waals surface area contributed by atoms with Gasteiger partial charge in [-0.25, -0.2) is 4.79 Å². The van der Waals surface area contributed by atoms with Crippen LogP contribution in [0.25, 0.3) is 16.8 Å². The maximum Gasteiger partial charge on any atom is 0.333 e. The van der Waals surface area contributed by atoms with Crippen LogP contribution in [0.5, 0.6) is 11.5 Å². The lowest BCUT2D eigenvalue weighted by Gasteiger charge is -2.28. The molecule has 3 aromatic rings. The summed E-state index contributed by atoms with van der Waals surface area (Å²) in [4.78, 5) is 38.7. The number of amides is 4. The van der Waals surface area contributed by atoms with E-state index in [1.54, 1.807) is 12.1 Å². The standard InChI is InChI=1S/C25H21BrN2O5/c1-27-23(29)19(24(30)28(2)25(27)31)11-15-12-20(26)22(21(13-15)32-3)33-14-17-9-6-8-16-7-4-5-10-18(16)17/h4-13H,14H2,1-3H3. The lowest BCUT2D eigenvalue weighted by molar-refractivity contribution is -0.134. The van der Waals surface area contributed by atoms with Gasteiger partial charge in [0, 0.05) is 14.1 Å². The summed E-state index contributed by atoms with van der Waals surface area (Å²) in [7, 11) is 4.19. The molecule has 1 aliphatic heterocycles. The predicted molar refractivity (Wildman–Crippen MR) is 128 cm³/mol. The van der Waals surface area contributed by atoms with Gasteiger partial charge in [-0.2, -0.15) is 0 Å². The number of ether oxygens (including phenoxy) is 2. The average molecular weight is 509 g/mol. The quantitative estimate of drug-likeness (QED) is 0.371. The van der Waals surface area contributed by atoms with Crippen molar-refractivity contribution in [2.45, 2.75) is 6.61 Å². The van der Waals surface area contributed by atoms with Crippen LogP contribution in [0, 0.1) is 0 Å². The number of methoxy groups -OCH3 is 1. The van der Waals surface area contributed by atoms with Gasteiger partial charge in [0.05, 0.1) is 11.6 Å². The lowest BCUT2D eigenvalue weighted by Crippen LogP contribution is -2.52. The Morgan fingerprint density at radius 2 is 1.61 bits per heavy atom. The highest BCUT2D eigenvalue weighted by Gasteiger charge is 2.37. The summed E-state index contributed by atoms with van der Waals surface area (Å²) in [5.41, 5.74) is 1.46. The Morgan fingerprint density at radius 1 is 0.939 bits per heavy atom. The zero-order valence-corrected chi connectivity index (χ0v) is 19.9. The predicted octanol–water partition coefficient (Wildman–Crippen LogP) is 4.62. The van der Waals surface area contributed by atoms with E-state index in [1.807, 2.05) is 42.5 Å². The number of fused-ring (bicyclic) bond motifs is 1. The van der Waals surface area contributed by atoms with E-state index in [2.05, 4.69) is 15.9 Å². The third-order valence-corrected chi connectivity index (χ3v) is 6.05. The molecule has 7 nitrogen and oxygen atoms in total. The number of halogens is 1. The smallest absolute Gasteiger partial charge is 0.333 e. The molecule has 0 radical (unpaired) electrons. The minimum Gasteiger partial charge on any atom is -0.493 e. The van der Waals surface area contributed by atoms with E-state index in [-0.39, 0.29) is 5.57 Å². The van der Waals surface area contributed by atoms with E-state index in [0.29, 0.717) is 28.1 Å². The molecule has 1 saturated heterocycles. The second-order valence-corrected chi connectivity index (χ2v) is 8.38. The van der Waals surface area contributed by atoms with Crippen LogP contribution in [-0.2, 0) is 16.2 Å². The Hall–Kier alpha value is -3.65. The Bertz CT molecular complexity index is 1290. The fourth-order valence-corrected chi connectivity index (χ4v) is 4.25. The van der Waals surface area contributed by atoms with E-state index >= 15 is 0 Å². The van der Waals surface area contributed by atoms with Crippen molar-refractivity contribution < 1.29 is 23.9 Å². The number of hydrogen-bond donors (Lipinski definition) is 0. The molecule has 1 fully saturated rings. The molecule has 0 spiro atoms. The summed E-state index contributed by atoms with van der Waals surface area (Å²) in [5.74, 6) is -0.382. The molecular weight excluding hydrogens is 488 g/mol. The van der Waals surface area contributed by atoms with Crippen LogP contribution in [0.2, 0.25) is 0 Å². The highest BCUT2D eigenvalue weighted by atomic mass is 79.9. The molecule has 8 heteroatoms. The zero-order chi connectivity index (χ0) is 23.7. The number of nitrogens with zero attached hydrogens (tertiary/aromatic N) is 2. The average Bonchev–Trinajstić information content (AvgIpc) is 2.83. The highest BCUT2D eigenvalue weighted by Crippen LogP contribution is 2.38. The number of rotatable bonds is 5. The van der Waals surface area contributed by atoms with Crippen molar-refractivity contribution in [2.24, 2.45) is 0 Å². The summed E-state index contributed by atoms with van der Waals surface area (Å²) in [6.07, 6.45) is 1.44. The molecule has 0 atom stereocenters. The van der Waals surface area contributed by atoms with Gasteiger partial charge in [0.15, 0.2) is 11.5 Å². The molecule has 33 heavy (non-hydrogen) atoms. The molecule has 3 aromatic carbocycles. The zero-order valence-electron chi connectivity index (χ0n) is 18.3. The van der Waals surface area contributed by atoms with E-state index in [4.69, 9.17) is 9.47 Å². The van der Waals surface area contributed by atoms with Crippen molar-refractivity contribution in [3.8, 4) is 11.5 Å². The molecule has 0 saturated carbocycles. The van der Waals surface area contributed by atoms with Crippen molar-refractivity contribution in [1.29, 1.82) is 0 Å². The van der Waals surface area contributed by atoms with Crippen molar-refractivity contribution in [3.63, 3.8) is 0 Å². The molecule has 0 bridgehead atoms. The monoisotopic (exact) mass is 508 g/mol. The van der Waals surface area contributed by atoms with Crippen LogP contribution in [-0.4, -0.2) is 48.9 Å². The Labute approximate surface area is 199 Å². The van der Waals surface area contributed by atoms with Gasteiger partial charge in [0.1, 0.15) is 12.2 Å². The second-order valence-electron chi connectivity index (χ2n) is 7.53. The molecule has 1 aliphatic rings. The first-order valence-electron chi connectivity index (χ1n) is 10.1. The Morgan fingerprint density at radius 3 is 2.30 bits per heavy atom. The Kier molecular flexibility index (Phi) is 6.20. The van der Waals surface area contributed by atoms with Crippen molar-refractivity contribution in [3.05, 3.63) is 75.8 Å². The number of benzene rings is 3. The van der Waals surface area contributed by atoms with Gasteiger partial charge >= 0.3 is 6.03 Å². The summed E-state index contributed by atoms with van der Waals surface area (Å²) >= 11 is 3.51. The van der Waals surface area contributed by atoms with E-state index < -0.39 is 17.8 Å². The first-order valence-corrected chi connectivity index (χ1v) is 10.9. The fourth-order valence-electron chi connectivity index (χ4n) is 3.67. The molecule has 0 aliphatic carbocycles. The molecule has 0 aromatic heterocycles. The number of hydrogen-bond acceptors (Lipinski definition) is 5. The summed E-state index contributed by atoms with van der Waals surface area (Å²) in [5, 5.41) is 2.23.